The second kappa shape index (κ2) is 8.79. The largest absolute Gasteiger partial charge is 0.376 e. The van der Waals surface area contributed by atoms with Crippen LogP contribution in [0.2, 0.25) is 0 Å². The van der Waals surface area contributed by atoms with Crippen LogP contribution >= 0.6 is 0 Å². The number of nitrogens with one attached hydrogen (secondary N) is 3. The lowest BCUT2D eigenvalue weighted by molar-refractivity contribution is -0.905. The summed E-state index contributed by atoms with van der Waals surface area (Å²) in [6.45, 7) is 8.82. The minimum absolute atomic E-state index is 0.0920. The van der Waals surface area contributed by atoms with E-state index in [-0.39, 0.29) is 22.7 Å². The van der Waals surface area contributed by atoms with Gasteiger partial charge < -0.3 is 10.2 Å². The van der Waals surface area contributed by atoms with Crippen LogP contribution in [0.5, 0.6) is 0 Å². The Hall–Kier alpha value is -1.71. The lowest BCUT2D eigenvalue weighted by atomic mass is 10.0. The molecule has 0 unspecified atom stereocenters. The van der Waals surface area contributed by atoms with Gasteiger partial charge in [0.25, 0.3) is 5.69 Å². The molecule has 1 aliphatic heterocycles. The second-order valence-corrected chi connectivity index (χ2v) is 8.84. The van der Waals surface area contributed by atoms with Crippen LogP contribution in [0.15, 0.2) is 23.1 Å². The van der Waals surface area contributed by atoms with E-state index in [2.05, 4.69) is 17.0 Å². The Morgan fingerprint density at radius 1 is 1.31 bits per heavy atom. The van der Waals surface area contributed by atoms with Crippen LogP contribution in [0, 0.1) is 10.1 Å². The van der Waals surface area contributed by atoms with Crippen molar-refractivity contribution in [3.05, 3.63) is 28.3 Å². The normalized spacial score (nSPS) is 20.9. The molecule has 1 aromatic carbocycles. The number of anilines is 1. The third kappa shape index (κ3) is 5.39. The average molecular weight is 386 g/mol. The number of nitrogens with zero attached hydrogens (tertiary/aromatic N) is 1. The molecule has 0 saturated carbocycles. The molecule has 1 fully saturated rings. The number of hydrogen-bond acceptors (Lipinski definition) is 5. The lowest BCUT2D eigenvalue weighted by Gasteiger charge is -2.30. The molecule has 1 aliphatic rings. The number of hydrogen-bond donors (Lipinski definition) is 3. The molecule has 0 radical (unpaired) electrons. The van der Waals surface area contributed by atoms with E-state index in [1.807, 2.05) is 0 Å². The Balaban J connectivity index is 2.16. The molecule has 0 aliphatic carbocycles. The fourth-order valence-electron chi connectivity index (χ4n) is 3.32. The van der Waals surface area contributed by atoms with Gasteiger partial charge in [-0.2, -0.15) is 0 Å². The molecule has 1 saturated heterocycles. The lowest BCUT2D eigenvalue weighted by Crippen LogP contribution is -3.13. The van der Waals surface area contributed by atoms with Gasteiger partial charge in [0.15, 0.2) is 0 Å². The van der Waals surface area contributed by atoms with Gasteiger partial charge in [-0.15, -0.1) is 0 Å². The van der Waals surface area contributed by atoms with Gasteiger partial charge in [0.1, 0.15) is 5.69 Å². The maximum absolute atomic E-state index is 12.3. The second-order valence-electron chi connectivity index (χ2n) is 7.13. The maximum atomic E-state index is 12.3. The van der Waals surface area contributed by atoms with Gasteiger partial charge in [0.05, 0.1) is 29.5 Å². The molecule has 9 heteroatoms. The Bertz CT molecular complexity index is 728. The predicted octanol–water partition coefficient (Wildman–Crippen LogP) is 1.15. The quantitative estimate of drug-likeness (QED) is 0.460. The van der Waals surface area contributed by atoms with Crippen molar-refractivity contribution in [2.45, 2.75) is 57.0 Å². The highest BCUT2D eigenvalue weighted by Crippen LogP contribution is 2.29. The molecule has 26 heavy (non-hydrogen) atoms. The molecule has 0 spiro atoms. The van der Waals surface area contributed by atoms with E-state index >= 15 is 0 Å². The van der Waals surface area contributed by atoms with Gasteiger partial charge in [-0.25, -0.2) is 13.1 Å². The van der Waals surface area contributed by atoms with E-state index in [0.717, 1.165) is 45.0 Å². The van der Waals surface area contributed by atoms with Crippen molar-refractivity contribution in [3.8, 4) is 0 Å². The van der Waals surface area contributed by atoms with Crippen LogP contribution in [0.3, 0.4) is 0 Å². The Morgan fingerprint density at radius 3 is 2.50 bits per heavy atom. The zero-order valence-corrected chi connectivity index (χ0v) is 16.4. The molecule has 8 nitrogen and oxygen atoms in total. The Labute approximate surface area is 155 Å². The van der Waals surface area contributed by atoms with Crippen molar-refractivity contribution in [3.63, 3.8) is 0 Å². The van der Waals surface area contributed by atoms with Crippen molar-refractivity contribution in [1.82, 2.24) is 4.72 Å². The molecular weight excluding hydrogens is 356 g/mol. The van der Waals surface area contributed by atoms with Crippen LogP contribution in [0.25, 0.3) is 0 Å². The maximum Gasteiger partial charge on any atom is 0.293 e. The summed E-state index contributed by atoms with van der Waals surface area (Å²) in [5.41, 5.74) is 0.169. The summed E-state index contributed by atoms with van der Waals surface area (Å²) in [7, 11) is -3.76. The van der Waals surface area contributed by atoms with Crippen LogP contribution in [0.1, 0.15) is 40.0 Å². The summed E-state index contributed by atoms with van der Waals surface area (Å²) >= 11 is 0. The summed E-state index contributed by atoms with van der Waals surface area (Å²) in [4.78, 5) is 12.4. The van der Waals surface area contributed by atoms with E-state index in [4.69, 9.17) is 0 Å². The number of nitro benzene ring substituents is 1. The molecule has 0 aromatic heterocycles. The molecule has 1 heterocycles. The minimum Gasteiger partial charge on any atom is -0.376 e. The van der Waals surface area contributed by atoms with E-state index < -0.39 is 14.9 Å². The predicted molar refractivity (Wildman–Crippen MR) is 101 cm³/mol. The zero-order valence-electron chi connectivity index (χ0n) is 15.6. The molecule has 2 rings (SSSR count). The van der Waals surface area contributed by atoms with Gasteiger partial charge >= 0.3 is 0 Å². The third-order valence-electron chi connectivity index (χ3n) is 4.52. The number of sulfonamides is 1. The zero-order chi connectivity index (χ0) is 19.3. The van der Waals surface area contributed by atoms with Crippen molar-refractivity contribution >= 4 is 21.4 Å². The number of rotatable bonds is 8. The molecule has 1 aromatic rings. The summed E-state index contributed by atoms with van der Waals surface area (Å²) in [5.74, 6) is 0. The summed E-state index contributed by atoms with van der Waals surface area (Å²) in [6.07, 6.45) is 3.04. The van der Waals surface area contributed by atoms with E-state index in [1.165, 1.54) is 12.1 Å². The van der Waals surface area contributed by atoms with Crippen molar-refractivity contribution in [2.24, 2.45) is 0 Å². The molecular formula is C17H29N4O4S+. The Morgan fingerprint density at radius 2 is 1.96 bits per heavy atom. The van der Waals surface area contributed by atoms with Crippen molar-refractivity contribution in [2.75, 3.05) is 25.0 Å². The smallest absolute Gasteiger partial charge is 0.293 e. The van der Waals surface area contributed by atoms with Crippen LogP contribution in [0.4, 0.5) is 11.4 Å². The fourth-order valence-corrected chi connectivity index (χ4v) is 4.59. The highest BCUT2D eigenvalue weighted by molar-refractivity contribution is 7.89. The first kappa shape index (κ1) is 20.6. The number of quaternary nitrogens is 1. The topological polar surface area (TPSA) is 106 Å². The number of benzene rings is 1. The minimum atomic E-state index is -3.76. The standard InChI is InChI=1S/C17H28N4O4S/c1-4-9-20-10-7-14(8-11-20)18-16-6-5-15(12-17(16)21(22)23)26(24,25)19-13(2)3/h5-6,12-14,18-19H,4,7-11H2,1-3H3/p+1. The van der Waals surface area contributed by atoms with Gasteiger partial charge in [0, 0.05) is 31.0 Å². The summed E-state index contributed by atoms with van der Waals surface area (Å²) in [5, 5.41) is 14.7. The highest BCUT2D eigenvalue weighted by atomic mass is 32.2. The number of likely N-dealkylation sites (tertiary alicyclic amines) is 1. The van der Waals surface area contributed by atoms with E-state index in [1.54, 1.807) is 18.7 Å². The van der Waals surface area contributed by atoms with Crippen LogP contribution in [-0.4, -0.2) is 45.1 Å². The molecule has 146 valence electrons. The van der Waals surface area contributed by atoms with Gasteiger partial charge in [0.2, 0.25) is 10.0 Å². The van der Waals surface area contributed by atoms with Crippen LogP contribution in [-0.2, 0) is 10.0 Å². The fraction of sp³-hybridized carbons (Fsp3) is 0.647. The third-order valence-corrected chi connectivity index (χ3v) is 6.18. The van der Waals surface area contributed by atoms with Gasteiger partial charge in [-0.1, -0.05) is 6.92 Å². The summed E-state index contributed by atoms with van der Waals surface area (Å²) < 4.78 is 27.0. The molecule has 3 N–H and O–H groups in total. The van der Waals surface area contributed by atoms with E-state index in [9.17, 15) is 18.5 Å². The summed E-state index contributed by atoms with van der Waals surface area (Å²) in [6, 6.07) is 3.93. The SMILES string of the molecule is CCC[NH+]1CCC(Nc2ccc(S(=O)(=O)NC(C)C)cc2[N+](=O)[O-])CC1. The molecule has 0 amide bonds. The first-order valence-corrected chi connectivity index (χ1v) is 10.6. The van der Waals surface area contributed by atoms with Crippen molar-refractivity contribution in [1.29, 1.82) is 0 Å². The van der Waals surface area contributed by atoms with Crippen molar-refractivity contribution < 1.29 is 18.2 Å². The molecule has 0 atom stereocenters. The first-order chi connectivity index (χ1) is 12.2. The van der Waals surface area contributed by atoms with Gasteiger partial charge in [-0.05, 0) is 32.4 Å². The van der Waals surface area contributed by atoms with Gasteiger partial charge in [-0.3, -0.25) is 10.1 Å². The number of piperidine rings is 1. The Kier molecular flexibility index (Phi) is 6.96. The molecule has 0 bridgehead atoms. The first-order valence-electron chi connectivity index (χ1n) is 9.13. The highest BCUT2D eigenvalue weighted by Gasteiger charge is 2.26. The number of nitro groups is 1. The average Bonchev–Trinajstić information content (AvgIpc) is 2.55. The van der Waals surface area contributed by atoms with Crippen LogP contribution < -0.4 is 14.9 Å². The van der Waals surface area contributed by atoms with E-state index in [0.29, 0.717) is 5.69 Å². The monoisotopic (exact) mass is 385 g/mol.